The van der Waals surface area contributed by atoms with E-state index in [-0.39, 0.29) is 21.6 Å². The Hall–Kier alpha value is -4.81. The summed E-state index contributed by atoms with van der Waals surface area (Å²) in [7, 11) is -2.43. The molecule has 4 aromatic carbocycles. The van der Waals surface area contributed by atoms with E-state index in [9.17, 15) is 13.2 Å². The molecule has 8 rings (SSSR count). The van der Waals surface area contributed by atoms with E-state index >= 15 is 0 Å². The van der Waals surface area contributed by atoms with Gasteiger partial charge in [-0.2, -0.15) is 0 Å². The fourth-order valence-electron chi connectivity index (χ4n) is 9.16. The molecule has 2 fully saturated rings. The highest BCUT2D eigenvalue weighted by atomic mass is 35.5. The SMILES string of the molecule is CO[C@H]1CC[C@H](CNc2ccc(S(=O)(=O)NC(=O)c3ccc(N4CCN(CC5=C(c6ccc(Cl)cc6)CC(C)(C)CC5)CC4)cc3Oc3ccc4[nH]ccc4c3)cc2C)CC1. The number of aryl methyl sites for hydroxylation is 1. The van der Waals surface area contributed by atoms with Gasteiger partial charge >= 0.3 is 0 Å². The standard InChI is InChI=1S/C49H58ClN5O5S/c1-33-27-42(15-18-45(33)52-31-34-5-12-40(59-4)13-6-34)61(57,58)53-48(56)43-16-11-39(29-47(43)60-41-14-17-46-36(28-41)20-22-51-46)55-25-23-54(24-26-55)32-37-19-21-49(2,3)30-44(37)35-7-9-38(50)10-8-35/h7-11,14-18,20,22,27-29,34,40,51-52H,5-6,12-13,19,21,23-26,30-32H2,1-4H3,(H,53,56)/t34-,40-. The third-order valence-electron chi connectivity index (χ3n) is 12.9. The van der Waals surface area contributed by atoms with Crippen molar-refractivity contribution in [2.24, 2.45) is 11.3 Å². The van der Waals surface area contributed by atoms with Gasteiger partial charge in [-0.3, -0.25) is 9.69 Å². The molecular weight excluding hydrogens is 806 g/mol. The lowest BCUT2D eigenvalue weighted by Gasteiger charge is -2.39. The first kappa shape index (κ1) is 42.9. The van der Waals surface area contributed by atoms with Crippen LogP contribution < -0.4 is 19.7 Å². The Morgan fingerprint density at radius 1 is 0.918 bits per heavy atom. The van der Waals surface area contributed by atoms with Crippen molar-refractivity contribution in [3.8, 4) is 11.5 Å². The van der Waals surface area contributed by atoms with E-state index in [1.54, 1.807) is 31.4 Å². The fraction of sp³-hybridized carbons (Fsp3) is 0.408. The molecule has 1 aromatic heterocycles. The zero-order valence-electron chi connectivity index (χ0n) is 35.7. The zero-order chi connectivity index (χ0) is 42.7. The maximum absolute atomic E-state index is 14.0. The van der Waals surface area contributed by atoms with Gasteiger partial charge in [-0.25, -0.2) is 13.1 Å². The summed E-state index contributed by atoms with van der Waals surface area (Å²) in [5, 5.41) is 5.22. The largest absolute Gasteiger partial charge is 0.456 e. The molecule has 2 aliphatic carbocycles. The first-order valence-corrected chi connectivity index (χ1v) is 23.5. The molecule has 10 nitrogen and oxygen atoms in total. The molecule has 1 saturated heterocycles. The van der Waals surface area contributed by atoms with Crippen molar-refractivity contribution in [3.05, 3.63) is 118 Å². The molecule has 1 amide bonds. The number of methoxy groups -OCH3 is 1. The normalized spacial score (nSPS) is 19.9. The van der Waals surface area contributed by atoms with Crippen molar-refractivity contribution >= 4 is 55.4 Å². The number of aromatic nitrogens is 1. The number of carbonyl (C=O) groups is 1. The summed E-state index contributed by atoms with van der Waals surface area (Å²) in [5.41, 5.74) is 8.13. The highest BCUT2D eigenvalue weighted by Crippen LogP contribution is 2.43. The monoisotopic (exact) mass is 863 g/mol. The van der Waals surface area contributed by atoms with Gasteiger partial charge in [-0.1, -0.05) is 43.2 Å². The van der Waals surface area contributed by atoms with Crippen LogP contribution >= 0.6 is 11.6 Å². The second-order valence-electron chi connectivity index (χ2n) is 17.9. The molecule has 0 radical (unpaired) electrons. The number of carbonyl (C=O) groups excluding carboxylic acids is 1. The second-order valence-corrected chi connectivity index (χ2v) is 20.0. The number of nitrogens with one attached hydrogen (secondary N) is 3. The highest BCUT2D eigenvalue weighted by Gasteiger charge is 2.30. The van der Waals surface area contributed by atoms with Gasteiger partial charge in [0.15, 0.2) is 0 Å². The summed E-state index contributed by atoms with van der Waals surface area (Å²) in [4.78, 5) is 22.0. The molecule has 1 aliphatic heterocycles. The summed E-state index contributed by atoms with van der Waals surface area (Å²) in [6.45, 7) is 11.7. The number of nitrogens with zero attached hydrogens (tertiary/aromatic N) is 2. The van der Waals surface area contributed by atoms with Gasteiger partial charge in [0.25, 0.3) is 15.9 Å². The Labute approximate surface area is 365 Å². The number of aromatic amines is 1. The number of sulfonamides is 1. The number of fused-ring (bicyclic) bond motifs is 1. The van der Waals surface area contributed by atoms with Gasteiger partial charge in [0.1, 0.15) is 11.5 Å². The van der Waals surface area contributed by atoms with Crippen LogP contribution in [0.5, 0.6) is 11.5 Å². The van der Waals surface area contributed by atoms with Crippen LogP contribution in [0.1, 0.15) is 80.3 Å². The maximum Gasteiger partial charge on any atom is 0.268 e. The highest BCUT2D eigenvalue weighted by molar-refractivity contribution is 7.90. The summed E-state index contributed by atoms with van der Waals surface area (Å²) in [6, 6.07) is 26.2. The minimum atomic E-state index is -4.21. The number of halogens is 1. The van der Waals surface area contributed by atoms with E-state index in [1.165, 1.54) is 23.1 Å². The van der Waals surface area contributed by atoms with Crippen LogP contribution in [-0.4, -0.2) is 76.7 Å². The van der Waals surface area contributed by atoms with Crippen molar-refractivity contribution in [2.75, 3.05) is 56.6 Å². The molecular formula is C49H58ClN5O5S. The van der Waals surface area contributed by atoms with Gasteiger partial charge in [-0.05, 0) is 147 Å². The van der Waals surface area contributed by atoms with Crippen LogP contribution in [-0.2, 0) is 14.8 Å². The molecule has 3 aliphatic rings. The number of amides is 1. The summed E-state index contributed by atoms with van der Waals surface area (Å²) >= 11 is 6.26. The first-order chi connectivity index (χ1) is 29.3. The second kappa shape index (κ2) is 18.3. The Morgan fingerprint density at radius 2 is 1.69 bits per heavy atom. The first-order valence-electron chi connectivity index (χ1n) is 21.6. The van der Waals surface area contributed by atoms with Crippen LogP contribution in [0, 0.1) is 18.3 Å². The fourth-order valence-corrected chi connectivity index (χ4v) is 10.3. The number of allylic oxidation sites excluding steroid dienone is 1. The molecule has 5 aromatic rings. The number of rotatable bonds is 13. The average Bonchev–Trinajstić information content (AvgIpc) is 3.72. The predicted octanol–water partition coefficient (Wildman–Crippen LogP) is 10.4. The van der Waals surface area contributed by atoms with Gasteiger partial charge in [0, 0.05) is 85.9 Å². The van der Waals surface area contributed by atoms with Crippen LogP contribution in [0.25, 0.3) is 16.5 Å². The number of hydrogen-bond acceptors (Lipinski definition) is 8. The lowest BCUT2D eigenvalue weighted by atomic mass is 9.72. The number of anilines is 2. The molecule has 0 atom stereocenters. The van der Waals surface area contributed by atoms with Gasteiger partial charge in [0.2, 0.25) is 0 Å². The van der Waals surface area contributed by atoms with Crippen LogP contribution in [0.2, 0.25) is 5.02 Å². The van der Waals surface area contributed by atoms with E-state index in [0.717, 1.165) is 111 Å². The van der Waals surface area contributed by atoms with Gasteiger partial charge in [0.05, 0.1) is 16.6 Å². The Morgan fingerprint density at radius 3 is 2.43 bits per heavy atom. The molecule has 0 unspecified atom stereocenters. The number of ether oxygens (including phenoxy) is 2. The van der Waals surface area contributed by atoms with Gasteiger partial charge < -0.3 is 24.7 Å². The van der Waals surface area contributed by atoms with Crippen molar-refractivity contribution < 1.29 is 22.7 Å². The minimum Gasteiger partial charge on any atom is -0.456 e. The molecule has 0 spiro atoms. The zero-order valence-corrected chi connectivity index (χ0v) is 37.3. The summed E-state index contributed by atoms with van der Waals surface area (Å²) in [6.07, 6.45) is 9.80. The minimum absolute atomic E-state index is 0.0207. The third kappa shape index (κ3) is 10.3. The number of H-pyrrole nitrogens is 1. The topological polar surface area (TPSA) is 116 Å². The lowest BCUT2D eigenvalue weighted by Crippen LogP contribution is -2.47. The summed E-state index contributed by atoms with van der Waals surface area (Å²) in [5.74, 6) is 0.594. The molecule has 0 bridgehead atoms. The lowest BCUT2D eigenvalue weighted by molar-refractivity contribution is 0.0585. The van der Waals surface area contributed by atoms with Crippen molar-refractivity contribution in [2.45, 2.75) is 76.7 Å². The van der Waals surface area contributed by atoms with E-state index in [2.05, 4.69) is 50.8 Å². The van der Waals surface area contributed by atoms with Crippen molar-refractivity contribution in [1.82, 2.24) is 14.6 Å². The maximum atomic E-state index is 14.0. The smallest absolute Gasteiger partial charge is 0.268 e. The van der Waals surface area contributed by atoms with E-state index in [0.29, 0.717) is 17.8 Å². The predicted molar refractivity (Wildman–Crippen MR) is 247 cm³/mol. The molecule has 1 saturated carbocycles. The summed E-state index contributed by atoms with van der Waals surface area (Å²) < 4.78 is 41.8. The third-order valence-corrected chi connectivity index (χ3v) is 14.5. The number of piperazine rings is 1. The van der Waals surface area contributed by atoms with E-state index in [1.807, 2.05) is 61.7 Å². The van der Waals surface area contributed by atoms with Crippen molar-refractivity contribution in [1.29, 1.82) is 0 Å². The quantitative estimate of drug-likeness (QED) is 0.107. The molecule has 61 heavy (non-hydrogen) atoms. The number of hydrogen-bond donors (Lipinski definition) is 3. The Kier molecular flexibility index (Phi) is 12.8. The molecule has 2 heterocycles. The van der Waals surface area contributed by atoms with Crippen LogP contribution in [0.4, 0.5) is 11.4 Å². The van der Waals surface area contributed by atoms with Crippen LogP contribution in [0.3, 0.4) is 0 Å². The van der Waals surface area contributed by atoms with E-state index in [4.69, 9.17) is 21.1 Å². The van der Waals surface area contributed by atoms with Crippen molar-refractivity contribution in [3.63, 3.8) is 0 Å². The Balaban J connectivity index is 0.972. The molecule has 12 heteroatoms. The molecule has 3 N–H and O–H groups in total. The average molecular weight is 865 g/mol. The van der Waals surface area contributed by atoms with E-state index < -0.39 is 15.9 Å². The van der Waals surface area contributed by atoms with Gasteiger partial charge in [-0.15, -0.1) is 0 Å². The number of benzene rings is 4. The van der Waals surface area contributed by atoms with Crippen LogP contribution in [0.15, 0.2) is 102 Å². The Bertz CT molecular complexity index is 2500. The molecule has 322 valence electrons.